The number of rotatable bonds is 7. The van der Waals surface area contributed by atoms with Gasteiger partial charge in [-0.2, -0.15) is 9.40 Å². The van der Waals surface area contributed by atoms with Gasteiger partial charge >= 0.3 is 0 Å². The van der Waals surface area contributed by atoms with E-state index in [0.717, 1.165) is 24.9 Å². The Bertz CT molecular complexity index is 1200. The van der Waals surface area contributed by atoms with Gasteiger partial charge in [0.15, 0.2) is 0 Å². The maximum absolute atomic E-state index is 13.1. The van der Waals surface area contributed by atoms with Crippen LogP contribution in [0.1, 0.15) is 43.5 Å². The number of benzene rings is 2. The first-order valence-corrected chi connectivity index (χ1v) is 12.5. The summed E-state index contributed by atoms with van der Waals surface area (Å²) in [6, 6.07) is 13.4. The van der Waals surface area contributed by atoms with Crippen LogP contribution < -0.4 is 10.1 Å². The first kappa shape index (κ1) is 23.0. The highest BCUT2D eigenvalue weighted by Gasteiger charge is 2.27. The topological polar surface area (TPSA) is 93.5 Å². The zero-order valence-electron chi connectivity index (χ0n) is 18.8. The van der Waals surface area contributed by atoms with Crippen molar-refractivity contribution in [2.45, 2.75) is 44.1 Å². The van der Waals surface area contributed by atoms with Gasteiger partial charge in [0.1, 0.15) is 5.75 Å². The minimum atomic E-state index is -3.64. The highest BCUT2D eigenvalue weighted by atomic mass is 32.2. The largest absolute Gasteiger partial charge is 0.489 e. The fraction of sp³-hybridized carbons (Fsp3) is 0.333. The molecule has 0 atom stereocenters. The summed E-state index contributed by atoms with van der Waals surface area (Å²) in [6.45, 7) is 4.77. The van der Waals surface area contributed by atoms with Crippen LogP contribution in [0.25, 0.3) is 5.69 Å². The van der Waals surface area contributed by atoms with Gasteiger partial charge in [-0.1, -0.05) is 6.42 Å². The summed E-state index contributed by atoms with van der Waals surface area (Å²) < 4.78 is 35.3. The molecule has 174 valence electrons. The van der Waals surface area contributed by atoms with Gasteiger partial charge in [0.25, 0.3) is 5.91 Å². The number of sulfonamides is 1. The van der Waals surface area contributed by atoms with Gasteiger partial charge in [0, 0.05) is 31.0 Å². The average Bonchev–Trinajstić information content (AvgIpc) is 3.35. The molecule has 1 aliphatic rings. The molecule has 9 heteroatoms. The molecule has 0 aliphatic carbocycles. The molecule has 2 heterocycles. The number of aromatic nitrogens is 2. The van der Waals surface area contributed by atoms with E-state index < -0.39 is 10.0 Å². The maximum Gasteiger partial charge on any atom is 0.255 e. The SMILES string of the molecule is CC(C)Oc1ccc(S(=O)(=O)N2CCCCC2)cc1NC(=O)c1ccc(-n2cccn2)cc1. The van der Waals surface area contributed by atoms with Crippen LogP contribution in [0.3, 0.4) is 0 Å². The van der Waals surface area contributed by atoms with Crippen molar-refractivity contribution in [1.82, 2.24) is 14.1 Å². The lowest BCUT2D eigenvalue weighted by atomic mass is 10.2. The second-order valence-electron chi connectivity index (χ2n) is 8.24. The van der Waals surface area contributed by atoms with E-state index in [-0.39, 0.29) is 16.9 Å². The minimum Gasteiger partial charge on any atom is -0.489 e. The number of ether oxygens (including phenoxy) is 1. The Morgan fingerprint density at radius 1 is 1.06 bits per heavy atom. The Kier molecular flexibility index (Phi) is 6.80. The molecule has 3 aromatic rings. The van der Waals surface area contributed by atoms with Crippen molar-refractivity contribution in [3.8, 4) is 11.4 Å². The molecule has 1 fully saturated rings. The summed E-state index contributed by atoms with van der Waals surface area (Å²) in [4.78, 5) is 13.1. The van der Waals surface area contributed by atoms with E-state index in [1.165, 1.54) is 16.4 Å². The van der Waals surface area contributed by atoms with E-state index >= 15 is 0 Å². The third-order valence-electron chi connectivity index (χ3n) is 5.41. The minimum absolute atomic E-state index is 0.140. The van der Waals surface area contributed by atoms with E-state index in [9.17, 15) is 13.2 Å². The summed E-state index contributed by atoms with van der Waals surface area (Å²) in [6.07, 6.45) is 6.10. The van der Waals surface area contributed by atoms with Crippen molar-refractivity contribution in [2.24, 2.45) is 0 Å². The average molecular weight is 469 g/mol. The van der Waals surface area contributed by atoms with E-state index in [2.05, 4.69) is 10.4 Å². The van der Waals surface area contributed by atoms with Crippen LogP contribution in [0.4, 0.5) is 5.69 Å². The second kappa shape index (κ2) is 9.76. The summed E-state index contributed by atoms with van der Waals surface area (Å²) in [5, 5.41) is 7.01. The summed E-state index contributed by atoms with van der Waals surface area (Å²) in [5.41, 5.74) is 1.59. The highest BCUT2D eigenvalue weighted by molar-refractivity contribution is 7.89. The lowest BCUT2D eigenvalue weighted by Crippen LogP contribution is -2.35. The third-order valence-corrected chi connectivity index (χ3v) is 7.31. The number of piperidine rings is 1. The first-order chi connectivity index (χ1) is 15.8. The number of hydrogen-bond acceptors (Lipinski definition) is 5. The Labute approximate surface area is 194 Å². The number of amides is 1. The van der Waals surface area contributed by atoms with Crippen LogP contribution in [0.15, 0.2) is 65.8 Å². The van der Waals surface area contributed by atoms with Gasteiger partial charge in [0.2, 0.25) is 10.0 Å². The van der Waals surface area contributed by atoms with Crippen LogP contribution in [0.2, 0.25) is 0 Å². The van der Waals surface area contributed by atoms with E-state index in [1.807, 2.05) is 26.1 Å². The van der Waals surface area contributed by atoms with Gasteiger partial charge in [-0.15, -0.1) is 0 Å². The summed E-state index contributed by atoms with van der Waals surface area (Å²) in [5.74, 6) is 0.0623. The zero-order valence-corrected chi connectivity index (χ0v) is 19.6. The highest BCUT2D eigenvalue weighted by Crippen LogP contribution is 2.31. The van der Waals surface area contributed by atoms with Crippen molar-refractivity contribution in [1.29, 1.82) is 0 Å². The summed E-state index contributed by atoms with van der Waals surface area (Å²) >= 11 is 0. The Hall–Kier alpha value is -3.17. The second-order valence-corrected chi connectivity index (χ2v) is 10.2. The Morgan fingerprint density at radius 2 is 1.79 bits per heavy atom. The number of carbonyl (C=O) groups is 1. The number of nitrogens with one attached hydrogen (secondary N) is 1. The lowest BCUT2D eigenvalue weighted by Gasteiger charge is -2.26. The first-order valence-electron chi connectivity index (χ1n) is 11.1. The van der Waals surface area contributed by atoms with Crippen LogP contribution >= 0.6 is 0 Å². The molecule has 2 aromatic carbocycles. The molecule has 0 bridgehead atoms. The molecule has 4 rings (SSSR count). The van der Waals surface area contributed by atoms with Crippen molar-refractivity contribution in [2.75, 3.05) is 18.4 Å². The Morgan fingerprint density at radius 3 is 2.42 bits per heavy atom. The predicted octanol–water partition coefficient (Wildman–Crippen LogP) is 4.09. The van der Waals surface area contributed by atoms with Crippen molar-refractivity contribution >= 4 is 21.6 Å². The predicted molar refractivity (Wildman–Crippen MR) is 126 cm³/mol. The Balaban J connectivity index is 1.60. The van der Waals surface area contributed by atoms with Crippen LogP contribution in [-0.2, 0) is 10.0 Å². The fourth-order valence-corrected chi connectivity index (χ4v) is 5.30. The third kappa shape index (κ3) is 5.26. The van der Waals surface area contributed by atoms with Crippen molar-refractivity contribution in [3.05, 3.63) is 66.5 Å². The number of nitrogens with zero attached hydrogens (tertiary/aromatic N) is 3. The van der Waals surface area contributed by atoms with Crippen molar-refractivity contribution in [3.63, 3.8) is 0 Å². The van der Waals surface area contributed by atoms with Crippen LogP contribution in [0.5, 0.6) is 5.75 Å². The van der Waals surface area contributed by atoms with Gasteiger partial charge in [0.05, 0.1) is 22.4 Å². The molecule has 8 nitrogen and oxygen atoms in total. The van der Waals surface area contributed by atoms with Gasteiger partial charge < -0.3 is 10.1 Å². The molecule has 0 radical (unpaired) electrons. The molecule has 0 spiro atoms. The van der Waals surface area contributed by atoms with Crippen LogP contribution in [-0.4, -0.2) is 47.6 Å². The molecule has 33 heavy (non-hydrogen) atoms. The molecule has 1 N–H and O–H groups in total. The quantitative estimate of drug-likeness (QED) is 0.564. The molecule has 1 aromatic heterocycles. The molecule has 1 aliphatic heterocycles. The number of hydrogen-bond donors (Lipinski definition) is 1. The number of anilines is 1. The molecule has 1 amide bonds. The molecule has 0 saturated carbocycles. The monoisotopic (exact) mass is 468 g/mol. The number of carbonyl (C=O) groups excluding carboxylic acids is 1. The normalized spacial score (nSPS) is 14.9. The molecular weight excluding hydrogens is 440 g/mol. The standard InChI is InChI=1S/C24H28N4O4S/c1-18(2)32-23-12-11-21(33(30,31)27-14-4-3-5-15-27)17-22(23)26-24(29)19-7-9-20(10-8-19)28-16-6-13-25-28/h6-13,16-18H,3-5,14-15H2,1-2H3,(H,26,29). The van der Waals surface area contributed by atoms with E-state index in [1.54, 1.807) is 41.2 Å². The van der Waals surface area contributed by atoms with Crippen molar-refractivity contribution < 1.29 is 17.9 Å². The smallest absolute Gasteiger partial charge is 0.255 e. The van der Waals surface area contributed by atoms with Crippen LogP contribution in [0, 0.1) is 0 Å². The summed E-state index contributed by atoms with van der Waals surface area (Å²) in [7, 11) is -3.64. The molecule has 1 saturated heterocycles. The molecule has 0 unspecified atom stereocenters. The maximum atomic E-state index is 13.1. The molecular formula is C24H28N4O4S. The van der Waals surface area contributed by atoms with Gasteiger partial charge in [-0.25, -0.2) is 13.1 Å². The fourth-order valence-electron chi connectivity index (χ4n) is 3.76. The van der Waals surface area contributed by atoms with E-state index in [0.29, 0.717) is 30.1 Å². The van der Waals surface area contributed by atoms with Gasteiger partial charge in [-0.3, -0.25) is 4.79 Å². The van der Waals surface area contributed by atoms with E-state index in [4.69, 9.17) is 4.74 Å². The lowest BCUT2D eigenvalue weighted by molar-refractivity contribution is 0.102. The van der Waals surface area contributed by atoms with Gasteiger partial charge in [-0.05, 0) is 75.2 Å². The zero-order chi connectivity index (χ0) is 23.4.